The lowest BCUT2D eigenvalue weighted by Crippen LogP contribution is -2.40. The number of fused-ring (bicyclic) bond motifs is 1. The van der Waals surface area contributed by atoms with Gasteiger partial charge in [0.05, 0.1) is 5.69 Å². The van der Waals surface area contributed by atoms with Gasteiger partial charge in [-0.2, -0.15) is 0 Å². The second-order valence-electron chi connectivity index (χ2n) is 4.40. The van der Waals surface area contributed by atoms with E-state index in [-0.39, 0.29) is 6.04 Å². The first-order chi connectivity index (χ1) is 9.00. The van der Waals surface area contributed by atoms with Crippen LogP contribution in [-0.2, 0) is 9.59 Å². The summed E-state index contributed by atoms with van der Waals surface area (Å²) in [6.07, 6.45) is 0. The SMILES string of the molecule is CC(C)N(C)C(=O)C(=O)Nc1cccc2nonc12. The van der Waals surface area contributed by atoms with Crippen LogP contribution in [0, 0.1) is 0 Å². The normalized spacial score (nSPS) is 10.7. The van der Waals surface area contributed by atoms with E-state index in [1.165, 1.54) is 4.90 Å². The molecule has 0 saturated carbocycles. The number of rotatable bonds is 2. The average Bonchev–Trinajstić information content (AvgIpc) is 2.86. The predicted octanol–water partition coefficient (Wildman–Crippen LogP) is 1.03. The number of benzene rings is 1. The second-order valence-corrected chi connectivity index (χ2v) is 4.40. The summed E-state index contributed by atoms with van der Waals surface area (Å²) in [5.41, 5.74) is 1.33. The molecule has 7 nitrogen and oxygen atoms in total. The molecular weight excluding hydrogens is 248 g/mol. The summed E-state index contributed by atoms with van der Waals surface area (Å²) < 4.78 is 4.59. The smallest absolute Gasteiger partial charge is 0.313 e. The minimum Gasteiger partial charge on any atom is -0.335 e. The molecule has 1 aromatic heterocycles. The number of carbonyl (C=O) groups excluding carboxylic acids is 2. The van der Waals surface area contributed by atoms with E-state index in [0.29, 0.717) is 16.7 Å². The first-order valence-corrected chi connectivity index (χ1v) is 5.80. The van der Waals surface area contributed by atoms with E-state index in [4.69, 9.17) is 0 Å². The van der Waals surface area contributed by atoms with Gasteiger partial charge in [0.25, 0.3) is 0 Å². The lowest BCUT2D eigenvalue weighted by molar-refractivity contribution is -0.143. The number of anilines is 1. The standard InChI is InChI=1S/C12H14N4O3/c1-7(2)16(3)12(18)11(17)13-8-5-4-6-9-10(8)15-19-14-9/h4-7H,1-3H3,(H,13,17). The molecule has 0 atom stereocenters. The number of nitrogens with zero attached hydrogens (tertiary/aromatic N) is 3. The Morgan fingerprint density at radius 2 is 2.05 bits per heavy atom. The van der Waals surface area contributed by atoms with Gasteiger partial charge in [-0.3, -0.25) is 9.59 Å². The molecule has 1 aromatic carbocycles. The fraction of sp³-hybridized carbons (Fsp3) is 0.333. The van der Waals surface area contributed by atoms with Crippen LogP contribution in [0.2, 0.25) is 0 Å². The lowest BCUT2D eigenvalue weighted by Gasteiger charge is -2.20. The third-order valence-electron chi connectivity index (χ3n) is 2.82. The third-order valence-corrected chi connectivity index (χ3v) is 2.82. The zero-order valence-electron chi connectivity index (χ0n) is 10.9. The molecule has 0 unspecified atom stereocenters. The topological polar surface area (TPSA) is 88.3 Å². The van der Waals surface area contributed by atoms with Crippen LogP contribution in [0.5, 0.6) is 0 Å². The zero-order valence-corrected chi connectivity index (χ0v) is 10.9. The Morgan fingerprint density at radius 3 is 2.74 bits per heavy atom. The van der Waals surface area contributed by atoms with Gasteiger partial charge in [0, 0.05) is 13.1 Å². The summed E-state index contributed by atoms with van der Waals surface area (Å²) in [5, 5.41) is 9.86. The molecule has 19 heavy (non-hydrogen) atoms. The predicted molar refractivity (Wildman–Crippen MR) is 68.3 cm³/mol. The van der Waals surface area contributed by atoms with Crippen LogP contribution >= 0.6 is 0 Å². The minimum atomic E-state index is -0.716. The first-order valence-electron chi connectivity index (χ1n) is 5.80. The largest absolute Gasteiger partial charge is 0.335 e. The number of aromatic nitrogens is 2. The average molecular weight is 262 g/mol. The van der Waals surface area contributed by atoms with Crippen molar-refractivity contribution in [2.45, 2.75) is 19.9 Å². The van der Waals surface area contributed by atoms with E-state index >= 15 is 0 Å². The van der Waals surface area contributed by atoms with Crippen molar-refractivity contribution in [2.75, 3.05) is 12.4 Å². The Morgan fingerprint density at radius 1 is 1.32 bits per heavy atom. The molecule has 0 bridgehead atoms. The summed E-state index contributed by atoms with van der Waals surface area (Å²) in [6, 6.07) is 4.97. The molecule has 0 fully saturated rings. The van der Waals surface area contributed by atoms with Crippen molar-refractivity contribution in [3.8, 4) is 0 Å². The Hall–Kier alpha value is -2.44. The molecule has 0 aliphatic heterocycles. The van der Waals surface area contributed by atoms with Crippen molar-refractivity contribution in [1.82, 2.24) is 15.2 Å². The van der Waals surface area contributed by atoms with Gasteiger partial charge in [-0.25, -0.2) is 4.63 Å². The highest BCUT2D eigenvalue weighted by Gasteiger charge is 2.21. The van der Waals surface area contributed by atoms with Gasteiger partial charge in [0.1, 0.15) is 5.52 Å². The van der Waals surface area contributed by atoms with Crippen molar-refractivity contribution < 1.29 is 14.2 Å². The molecule has 100 valence electrons. The number of hydrogen-bond donors (Lipinski definition) is 1. The molecule has 0 aliphatic carbocycles. The maximum Gasteiger partial charge on any atom is 0.313 e. The molecule has 2 aromatic rings. The Labute approximate surface area is 109 Å². The van der Waals surface area contributed by atoms with Gasteiger partial charge in [0.15, 0.2) is 5.52 Å². The molecule has 0 saturated heterocycles. The van der Waals surface area contributed by atoms with Gasteiger partial charge in [-0.1, -0.05) is 6.07 Å². The molecule has 0 spiro atoms. The highest BCUT2D eigenvalue weighted by molar-refractivity contribution is 6.40. The van der Waals surface area contributed by atoms with Crippen LogP contribution in [-0.4, -0.2) is 40.1 Å². The van der Waals surface area contributed by atoms with E-state index in [1.807, 2.05) is 13.8 Å². The van der Waals surface area contributed by atoms with Crippen LogP contribution in [0.3, 0.4) is 0 Å². The molecule has 7 heteroatoms. The van der Waals surface area contributed by atoms with E-state index in [9.17, 15) is 9.59 Å². The minimum absolute atomic E-state index is 0.0530. The number of carbonyl (C=O) groups is 2. The number of hydrogen-bond acceptors (Lipinski definition) is 5. The van der Waals surface area contributed by atoms with Crippen molar-refractivity contribution in [2.24, 2.45) is 0 Å². The highest BCUT2D eigenvalue weighted by atomic mass is 16.6. The fourth-order valence-corrected chi connectivity index (χ4v) is 1.48. The van der Waals surface area contributed by atoms with Crippen LogP contribution in [0.25, 0.3) is 11.0 Å². The van der Waals surface area contributed by atoms with Crippen LogP contribution in [0.4, 0.5) is 5.69 Å². The van der Waals surface area contributed by atoms with Crippen LogP contribution < -0.4 is 5.32 Å². The van der Waals surface area contributed by atoms with Crippen molar-refractivity contribution in [3.63, 3.8) is 0 Å². The molecular formula is C12H14N4O3. The van der Waals surface area contributed by atoms with Crippen LogP contribution in [0.1, 0.15) is 13.8 Å². The van der Waals surface area contributed by atoms with E-state index < -0.39 is 11.8 Å². The third kappa shape index (κ3) is 2.54. The molecule has 2 rings (SSSR count). The first kappa shape index (κ1) is 13.0. The van der Waals surface area contributed by atoms with Crippen molar-refractivity contribution in [3.05, 3.63) is 18.2 Å². The summed E-state index contributed by atoms with van der Waals surface area (Å²) in [7, 11) is 1.57. The van der Waals surface area contributed by atoms with E-state index in [1.54, 1.807) is 25.2 Å². The maximum atomic E-state index is 11.8. The molecule has 0 aliphatic rings. The van der Waals surface area contributed by atoms with Crippen molar-refractivity contribution >= 4 is 28.5 Å². The van der Waals surface area contributed by atoms with E-state index in [2.05, 4.69) is 20.3 Å². The van der Waals surface area contributed by atoms with Gasteiger partial charge in [0.2, 0.25) is 0 Å². The number of likely N-dealkylation sites (N-methyl/N-ethyl adjacent to an activating group) is 1. The Kier molecular flexibility index (Phi) is 3.46. The lowest BCUT2D eigenvalue weighted by atomic mass is 10.2. The monoisotopic (exact) mass is 262 g/mol. The summed E-state index contributed by atoms with van der Waals surface area (Å²) in [6.45, 7) is 3.65. The molecule has 2 amide bonds. The van der Waals surface area contributed by atoms with Crippen molar-refractivity contribution in [1.29, 1.82) is 0 Å². The molecule has 0 radical (unpaired) electrons. The van der Waals surface area contributed by atoms with Gasteiger partial charge < -0.3 is 10.2 Å². The maximum absolute atomic E-state index is 11.8. The van der Waals surface area contributed by atoms with Gasteiger partial charge >= 0.3 is 11.8 Å². The Bertz CT molecular complexity index is 620. The number of nitrogens with one attached hydrogen (secondary N) is 1. The summed E-state index contributed by atoms with van der Waals surface area (Å²) in [4.78, 5) is 25.0. The highest BCUT2D eigenvalue weighted by Crippen LogP contribution is 2.19. The Balaban J connectivity index is 2.19. The number of amides is 2. The van der Waals surface area contributed by atoms with Gasteiger partial charge in [-0.15, -0.1) is 0 Å². The summed E-state index contributed by atoms with van der Waals surface area (Å²) in [5.74, 6) is -1.32. The zero-order chi connectivity index (χ0) is 14.0. The second kappa shape index (κ2) is 5.05. The quantitative estimate of drug-likeness (QED) is 0.816. The van der Waals surface area contributed by atoms with Gasteiger partial charge in [-0.05, 0) is 36.3 Å². The summed E-state index contributed by atoms with van der Waals surface area (Å²) >= 11 is 0. The van der Waals surface area contributed by atoms with Crippen LogP contribution in [0.15, 0.2) is 22.8 Å². The molecule has 1 N–H and O–H groups in total. The fourth-order valence-electron chi connectivity index (χ4n) is 1.48. The van der Waals surface area contributed by atoms with E-state index in [0.717, 1.165) is 0 Å². The molecule has 1 heterocycles.